The molecule has 0 atom stereocenters. The SMILES string of the molecule is COc1ccccc1-n1c(SCc2ccc(Br)cc2F)nnc1-c1cccs1. The Labute approximate surface area is 178 Å². The van der Waals surface area contributed by atoms with Crippen LogP contribution in [0.1, 0.15) is 5.56 Å². The maximum atomic E-state index is 14.2. The summed E-state index contributed by atoms with van der Waals surface area (Å²) >= 11 is 6.32. The number of para-hydroxylation sites is 2. The highest BCUT2D eigenvalue weighted by atomic mass is 79.9. The normalized spacial score (nSPS) is 11.0. The third-order valence-electron chi connectivity index (χ3n) is 4.07. The fourth-order valence-corrected chi connectivity index (χ4v) is 4.70. The molecule has 0 bridgehead atoms. The first-order chi connectivity index (χ1) is 13.7. The number of rotatable bonds is 6. The Hall–Kier alpha value is -2.16. The van der Waals surface area contributed by atoms with E-state index in [1.165, 1.54) is 17.8 Å². The molecule has 2 heterocycles. The Balaban J connectivity index is 1.75. The highest BCUT2D eigenvalue weighted by molar-refractivity contribution is 9.10. The molecule has 0 N–H and O–H groups in total. The van der Waals surface area contributed by atoms with Crippen molar-refractivity contribution < 1.29 is 9.13 Å². The number of aromatic nitrogens is 3. The highest BCUT2D eigenvalue weighted by Gasteiger charge is 2.19. The topological polar surface area (TPSA) is 39.9 Å². The lowest BCUT2D eigenvalue weighted by atomic mass is 10.2. The van der Waals surface area contributed by atoms with Gasteiger partial charge in [0.15, 0.2) is 11.0 Å². The van der Waals surface area contributed by atoms with Gasteiger partial charge in [0.05, 0.1) is 17.7 Å². The Bertz CT molecular complexity index is 1100. The number of halogens is 2. The van der Waals surface area contributed by atoms with E-state index in [0.29, 0.717) is 16.5 Å². The van der Waals surface area contributed by atoms with Crippen LogP contribution in [0.4, 0.5) is 4.39 Å². The summed E-state index contributed by atoms with van der Waals surface area (Å²) in [6, 6.07) is 16.8. The largest absolute Gasteiger partial charge is 0.495 e. The molecule has 4 nitrogen and oxygen atoms in total. The first-order valence-electron chi connectivity index (χ1n) is 8.37. The summed E-state index contributed by atoms with van der Waals surface area (Å²) in [7, 11) is 1.64. The number of hydrogen-bond acceptors (Lipinski definition) is 5. The molecule has 0 aliphatic heterocycles. The van der Waals surface area contributed by atoms with Crippen molar-refractivity contribution in [2.24, 2.45) is 0 Å². The smallest absolute Gasteiger partial charge is 0.196 e. The number of benzene rings is 2. The van der Waals surface area contributed by atoms with Crippen molar-refractivity contribution in [2.45, 2.75) is 10.9 Å². The lowest BCUT2D eigenvalue weighted by Crippen LogP contribution is -2.02. The number of thioether (sulfide) groups is 1. The predicted octanol–water partition coefficient (Wildman–Crippen LogP) is 6.20. The molecular weight excluding hydrogens is 461 g/mol. The molecule has 4 rings (SSSR count). The van der Waals surface area contributed by atoms with Gasteiger partial charge in [0.2, 0.25) is 0 Å². The predicted molar refractivity (Wildman–Crippen MR) is 115 cm³/mol. The van der Waals surface area contributed by atoms with Crippen LogP contribution in [0.25, 0.3) is 16.4 Å². The van der Waals surface area contributed by atoms with Gasteiger partial charge in [0, 0.05) is 10.2 Å². The van der Waals surface area contributed by atoms with Crippen molar-refractivity contribution in [1.82, 2.24) is 14.8 Å². The molecule has 0 saturated carbocycles. The van der Waals surface area contributed by atoms with Crippen LogP contribution in [0.15, 0.2) is 69.6 Å². The van der Waals surface area contributed by atoms with E-state index < -0.39 is 0 Å². The van der Waals surface area contributed by atoms with Gasteiger partial charge in [0.1, 0.15) is 11.6 Å². The molecule has 28 heavy (non-hydrogen) atoms. The second-order valence-corrected chi connectivity index (χ2v) is 8.62. The van der Waals surface area contributed by atoms with E-state index in [2.05, 4.69) is 26.1 Å². The molecule has 0 amide bonds. The minimum atomic E-state index is -0.247. The summed E-state index contributed by atoms with van der Waals surface area (Å²) in [6.07, 6.45) is 0. The van der Waals surface area contributed by atoms with Crippen LogP contribution in [-0.4, -0.2) is 21.9 Å². The average Bonchev–Trinajstić information content (AvgIpc) is 3.37. The molecule has 4 aromatic rings. The Kier molecular flexibility index (Phi) is 5.79. The molecule has 8 heteroatoms. The lowest BCUT2D eigenvalue weighted by molar-refractivity contribution is 0.412. The zero-order chi connectivity index (χ0) is 19.5. The molecule has 2 aromatic heterocycles. The zero-order valence-electron chi connectivity index (χ0n) is 14.8. The van der Waals surface area contributed by atoms with Gasteiger partial charge in [-0.25, -0.2) is 4.39 Å². The van der Waals surface area contributed by atoms with E-state index in [9.17, 15) is 4.39 Å². The van der Waals surface area contributed by atoms with Crippen LogP contribution in [-0.2, 0) is 5.75 Å². The van der Waals surface area contributed by atoms with Crippen LogP contribution < -0.4 is 4.74 Å². The van der Waals surface area contributed by atoms with Crippen LogP contribution in [0, 0.1) is 5.82 Å². The van der Waals surface area contributed by atoms with Gasteiger partial charge in [-0.2, -0.15) is 0 Å². The molecule has 0 radical (unpaired) electrons. The summed E-state index contributed by atoms with van der Waals surface area (Å²) in [5, 5.41) is 11.5. The number of ether oxygens (including phenoxy) is 1. The van der Waals surface area contributed by atoms with Crippen molar-refractivity contribution in [3.05, 3.63) is 75.8 Å². The Morgan fingerprint density at radius 3 is 2.75 bits per heavy atom. The quantitative estimate of drug-likeness (QED) is 0.311. The number of methoxy groups -OCH3 is 1. The molecule has 0 fully saturated rings. The Morgan fingerprint density at radius 2 is 2.00 bits per heavy atom. The molecule has 0 aliphatic carbocycles. The van der Waals surface area contributed by atoms with Gasteiger partial charge in [-0.15, -0.1) is 21.5 Å². The molecule has 142 valence electrons. The van der Waals surface area contributed by atoms with Crippen LogP contribution in [0.3, 0.4) is 0 Å². The monoisotopic (exact) mass is 475 g/mol. The number of thiophene rings is 1. The van der Waals surface area contributed by atoms with Gasteiger partial charge in [-0.3, -0.25) is 4.57 Å². The molecule has 0 spiro atoms. The van der Waals surface area contributed by atoms with E-state index in [1.54, 1.807) is 24.5 Å². The summed E-state index contributed by atoms with van der Waals surface area (Å²) < 4.78 is 22.4. The van der Waals surface area contributed by atoms with Gasteiger partial charge < -0.3 is 4.74 Å². The second-order valence-electron chi connectivity index (χ2n) is 5.82. The third kappa shape index (κ3) is 3.85. The maximum absolute atomic E-state index is 14.2. The van der Waals surface area contributed by atoms with E-state index in [4.69, 9.17) is 4.74 Å². The van der Waals surface area contributed by atoms with Crippen LogP contribution in [0.5, 0.6) is 5.75 Å². The molecule has 0 saturated heterocycles. The zero-order valence-corrected chi connectivity index (χ0v) is 18.0. The second kappa shape index (κ2) is 8.46. The van der Waals surface area contributed by atoms with Crippen molar-refractivity contribution in [1.29, 1.82) is 0 Å². The molecule has 2 aromatic carbocycles. The van der Waals surface area contributed by atoms with Crippen molar-refractivity contribution in [3.8, 4) is 22.1 Å². The fraction of sp³-hybridized carbons (Fsp3) is 0.100. The highest BCUT2D eigenvalue weighted by Crippen LogP contribution is 2.35. The third-order valence-corrected chi connectivity index (χ3v) is 6.41. The first kappa shape index (κ1) is 19.2. The fourth-order valence-electron chi connectivity index (χ4n) is 2.74. The van der Waals surface area contributed by atoms with E-state index in [-0.39, 0.29) is 5.82 Å². The van der Waals surface area contributed by atoms with Gasteiger partial charge >= 0.3 is 0 Å². The van der Waals surface area contributed by atoms with E-state index >= 15 is 0 Å². The van der Waals surface area contributed by atoms with Crippen molar-refractivity contribution in [3.63, 3.8) is 0 Å². The summed E-state index contributed by atoms with van der Waals surface area (Å²) in [6.45, 7) is 0. The molecule has 0 aliphatic rings. The lowest BCUT2D eigenvalue weighted by Gasteiger charge is -2.13. The standard InChI is InChI=1S/C20H15BrFN3OS2/c1-26-17-6-3-2-5-16(17)25-19(18-7-4-10-27-18)23-24-20(25)28-12-13-8-9-14(21)11-15(13)22/h2-11H,12H2,1H3. The minimum Gasteiger partial charge on any atom is -0.495 e. The summed E-state index contributed by atoms with van der Waals surface area (Å²) in [5.74, 6) is 1.65. The minimum absolute atomic E-state index is 0.247. The first-order valence-corrected chi connectivity index (χ1v) is 11.0. The van der Waals surface area contributed by atoms with Gasteiger partial charge in [0.25, 0.3) is 0 Å². The van der Waals surface area contributed by atoms with Gasteiger partial charge in [-0.1, -0.05) is 52.0 Å². The van der Waals surface area contributed by atoms with Crippen LogP contribution in [0.2, 0.25) is 0 Å². The number of hydrogen-bond donors (Lipinski definition) is 0. The Morgan fingerprint density at radius 1 is 1.14 bits per heavy atom. The average molecular weight is 476 g/mol. The van der Waals surface area contributed by atoms with E-state index in [1.807, 2.05) is 52.4 Å². The number of nitrogens with zero attached hydrogens (tertiary/aromatic N) is 3. The van der Waals surface area contributed by atoms with Gasteiger partial charge in [-0.05, 0) is 41.3 Å². The summed E-state index contributed by atoms with van der Waals surface area (Å²) in [5.41, 5.74) is 1.46. The molecule has 0 unspecified atom stereocenters. The maximum Gasteiger partial charge on any atom is 0.196 e. The summed E-state index contributed by atoms with van der Waals surface area (Å²) in [4.78, 5) is 1.00. The van der Waals surface area contributed by atoms with Crippen molar-refractivity contribution in [2.75, 3.05) is 7.11 Å². The van der Waals surface area contributed by atoms with E-state index in [0.717, 1.165) is 26.6 Å². The molecular formula is C20H15BrFN3OS2. The van der Waals surface area contributed by atoms with Crippen LogP contribution >= 0.6 is 39.0 Å². The van der Waals surface area contributed by atoms with Crippen molar-refractivity contribution >= 4 is 39.0 Å².